The number of nitrogens with zero attached hydrogens (tertiary/aromatic N) is 1. The van der Waals surface area contributed by atoms with Crippen molar-refractivity contribution in [3.05, 3.63) is 33.3 Å². The Labute approximate surface area is 122 Å². The van der Waals surface area contributed by atoms with Gasteiger partial charge in [-0.05, 0) is 24.6 Å². The molecule has 1 rings (SSSR count). The highest BCUT2D eigenvalue weighted by atomic mass is 35.5. The van der Waals surface area contributed by atoms with E-state index in [2.05, 4.69) is 19.2 Å². The predicted molar refractivity (Wildman–Crippen MR) is 77.3 cm³/mol. The smallest absolute Gasteiger partial charge is 0.312 e. The van der Waals surface area contributed by atoms with Crippen molar-refractivity contribution in [1.29, 1.82) is 0 Å². The largest absolute Gasteiger partial charge is 0.484 e. The van der Waals surface area contributed by atoms with Crippen LogP contribution in [0.3, 0.4) is 0 Å². The van der Waals surface area contributed by atoms with Crippen molar-refractivity contribution in [3.63, 3.8) is 0 Å². The number of nitrogens with one attached hydrogen (secondary N) is 1. The zero-order valence-electron chi connectivity index (χ0n) is 11.5. The Morgan fingerprint density at radius 3 is 2.75 bits per heavy atom. The van der Waals surface area contributed by atoms with E-state index in [0.717, 1.165) is 6.54 Å². The molecule has 0 radical (unpaired) electrons. The number of nitro groups is 1. The van der Waals surface area contributed by atoms with Crippen LogP contribution < -0.4 is 10.1 Å². The van der Waals surface area contributed by atoms with Gasteiger partial charge in [0.25, 0.3) is 0 Å². The summed E-state index contributed by atoms with van der Waals surface area (Å²) in [7, 11) is 0. The summed E-state index contributed by atoms with van der Waals surface area (Å²) in [6.45, 7) is 5.27. The van der Waals surface area contributed by atoms with Gasteiger partial charge in [-0.1, -0.05) is 25.4 Å². The summed E-state index contributed by atoms with van der Waals surface area (Å²) in [6, 6.07) is 4.16. The van der Waals surface area contributed by atoms with Crippen LogP contribution in [-0.2, 0) is 0 Å². The number of ether oxygens (including phenoxy) is 1. The summed E-state index contributed by atoms with van der Waals surface area (Å²) in [5.74, 6) is 0.586. The molecule has 1 atom stereocenters. The first-order valence-corrected chi connectivity index (χ1v) is 6.73. The minimum atomic E-state index is -0.732. The van der Waals surface area contributed by atoms with Crippen molar-refractivity contribution < 1.29 is 14.8 Å². The van der Waals surface area contributed by atoms with E-state index in [1.165, 1.54) is 18.2 Å². The van der Waals surface area contributed by atoms with Crippen molar-refractivity contribution in [2.75, 3.05) is 19.7 Å². The van der Waals surface area contributed by atoms with E-state index in [9.17, 15) is 15.2 Å². The molecule has 0 saturated heterocycles. The topological polar surface area (TPSA) is 84.6 Å². The zero-order chi connectivity index (χ0) is 15.1. The number of hydrogen-bond donors (Lipinski definition) is 2. The molecule has 0 spiro atoms. The zero-order valence-corrected chi connectivity index (χ0v) is 12.3. The first-order valence-electron chi connectivity index (χ1n) is 6.35. The second-order valence-corrected chi connectivity index (χ2v) is 5.32. The van der Waals surface area contributed by atoms with Crippen LogP contribution in [0.4, 0.5) is 5.69 Å². The second-order valence-electron chi connectivity index (χ2n) is 4.89. The van der Waals surface area contributed by atoms with Crippen LogP contribution in [0.1, 0.15) is 13.8 Å². The molecule has 1 aromatic carbocycles. The van der Waals surface area contributed by atoms with Crippen molar-refractivity contribution in [2.24, 2.45) is 5.92 Å². The number of benzene rings is 1. The molecule has 0 aliphatic rings. The molecular formula is C13H19ClN2O4. The Bertz CT molecular complexity index is 454. The molecule has 0 amide bonds. The first kappa shape index (κ1) is 16.7. The van der Waals surface area contributed by atoms with Crippen molar-refractivity contribution in [3.8, 4) is 5.75 Å². The lowest BCUT2D eigenvalue weighted by Gasteiger charge is -2.14. The molecule has 20 heavy (non-hydrogen) atoms. The van der Waals surface area contributed by atoms with Gasteiger partial charge in [-0.2, -0.15) is 0 Å². The lowest BCUT2D eigenvalue weighted by molar-refractivity contribution is -0.385. The third-order valence-electron chi connectivity index (χ3n) is 2.48. The van der Waals surface area contributed by atoms with Crippen molar-refractivity contribution in [2.45, 2.75) is 20.0 Å². The van der Waals surface area contributed by atoms with Gasteiger partial charge in [0.05, 0.1) is 4.92 Å². The fourth-order valence-corrected chi connectivity index (χ4v) is 1.71. The van der Waals surface area contributed by atoms with E-state index in [1.54, 1.807) is 0 Å². The van der Waals surface area contributed by atoms with E-state index in [-0.39, 0.29) is 23.1 Å². The van der Waals surface area contributed by atoms with Gasteiger partial charge >= 0.3 is 5.69 Å². The maximum Gasteiger partial charge on any atom is 0.312 e. The SMILES string of the molecule is CC(C)CNCC(O)COc1ccc(Cl)cc1[N+](=O)[O-]. The number of hydrogen-bond acceptors (Lipinski definition) is 5. The Balaban J connectivity index is 2.51. The molecule has 2 N–H and O–H groups in total. The van der Waals surface area contributed by atoms with Gasteiger partial charge < -0.3 is 15.2 Å². The fraction of sp³-hybridized carbons (Fsp3) is 0.538. The standard InChI is InChI=1S/C13H19ClN2O4/c1-9(2)6-15-7-11(17)8-20-13-4-3-10(14)5-12(13)16(18)19/h3-5,9,11,15,17H,6-8H2,1-2H3. The average Bonchev–Trinajstić information content (AvgIpc) is 2.36. The lowest BCUT2D eigenvalue weighted by atomic mass is 10.2. The van der Waals surface area contributed by atoms with Crippen molar-refractivity contribution in [1.82, 2.24) is 5.32 Å². The average molecular weight is 303 g/mol. The summed E-state index contributed by atoms with van der Waals surface area (Å²) in [6.07, 6.45) is -0.732. The van der Waals surface area contributed by atoms with Gasteiger partial charge in [-0.25, -0.2) is 0 Å². The minimum Gasteiger partial charge on any atom is -0.484 e. The van der Waals surface area contributed by atoms with Crippen LogP contribution >= 0.6 is 11.6 Å². The molecule has 0 aromatic heterocycles. The maximum absolute atomic E-state index is 10.9. The van der Waals surface area contributed by atoms with Gasteiger partial charge in [0.2, 0.25) is 0 Å². The van der Waals surface area contributed by atoms with E-state index >= 15 is 0 Å². The normalized spacial score (nSPS) is 12.4. The summed E-state index contributed by atoms with van der Waals surface area (Å²) in [4.78, 5) is 10.3. The molecule has 0 saturated carbocycles. The van der Waals surface area contributed by atoms with Crippen LogP contribution in [0.5, 0.6) is 5.75 Å². The number of rotatable bonds is 8. The van der Waals surface area contributed by atoms with Gasteiger partial charge in [0.1, 0.15) is 12.7 Å². The molecule has 0 aliphatic heterocycles. The minimum absolute atomic E-state index is 0.0203. The summed E-state index contributed by atoms with van der Waals surface area (Å²) in [5.41, 5.74) is -0.208. The number of aliphatic hydroxyl groups excluding tert-OH is 1. The molecule has 0 heterocycles. The molecule has 7 heteroatoms. The number of halogens is 1. The fourth-order valence-electron chi connectivity index (χ4n) is 1.54. The predicted octanol–water partition coefficient (Wildman–Crippen LogP) is 2.23. The number of nitro benzene ring substituents is 1. The first-order chi connectivity index (χ1) is 9.40. The van der Waals surface area contributed by atoms with Gasteiger partial charge in [-0.15, -0.1) is 0 Å². The summed E-state index contributed by atoms with van der Waals surface area (Å²) in [5, 5.41) is 23.9. The molecule has 0 fully saturated rings. The van der Waals surface area contributed by atoms with Crippen LogP contribution in [-0.4, -0.2) is 35.8 Å². The Morgan fingerprint density at radius 1 is 1.45 bits per heavy atom. The van der Waals surface area contributed by atoms with Gasteiger partial charge in [-0.3, -0.25) is 10.1 Å². The van der Waals surface area contributed by atoms with Crippen LogP contribution in [0.25, 0.3) is 0 Å². The quantitative estimate of drug-likeness (QED) is 0.568. The van der Waals surface area contributed by atoms with Crippen molar-refractivity contribution >= 4 is 17.3 Å². The van der Waals surface area contributed by atoms with E-state index in [4.69, 9.17) is 16.3 Å². The van der Waals surface area contributed by atoms with E-state index < -0.39 is 11.0 Å². The third-order valence-corrected chi connectivity index (χ3v) is 2.72. The van der Waals surface area contributed by atoms with E-state index in [1.807, 2.05) is 0 Å². The lowest BCUT2D eigenvalue weighted by Crippen LogP contribution is -2.33. The molecule has 6 nitrogen and oxygen atoms in total. The number of aliphatic hydroxyl groups is 1. The highest BCUT2D eigenvalue weighted by molar-refractivity contribution is 6.30. The summed E-state index contributed by atoms with van der Waals surface area (Å²) < 4.78 is 5.28. The highest BCUT2D eigenvalue weighted by Gasteiger charge is 2.16. The molecule has 1 unspecified atom stereocenters. The molecule has 1 aromatic rings. The Kier molecular flexibility index (Phi) is 6.70. The van der Waals surface area contributed by atoms with Gasteiger partial charge in [0, 0.05) is 17.6 Å². The van der Waals surface area contributed by atoms with Gasteiger partial charge in [0.15, 0.2) is 5.75 Å². The molecule has 0 bridgehead atoms. The maximum atomic E-state index is 10.9. The van der Waals surface area contributed by atoms with Crippen LogP contribution in [0.2, 0.25) is 5.02 Å². The second kappa shape index (κ2) is 8.04. The van der Waals surface area contributed by atoms with E-state index in [0.29, 0.717) is 12.5 Å². The molecule has 112 valence electrons. The monoisotopic (exact) mass is 302 g/mol. The van der Waals surface area contributed by atoms with Crippen LogP contribution in [0.15, 0.2) is 18.2 Å². The van der Waals surface area contributed by atoms with Crippen LogP contribution in [0, 0.1) is 16.0 Å². The Morgan fingerprint density at radius 2 is 2.15 bits per heavy atom. The highest BCUT2D eigenvalue weighted by Crippen LogP contribution is 2.29. The Hall–Kier alpha value is -1.37. The summed E-state index contributed by atoms with van der Waals surface area (Å²) >= 11 is 5.70. The molecule has 0 aliphatic carbocycles. The molecular weight excluding hydrogens is 284 g/mol. The third kappa shape index (κ3) is 5.73.